The molecule has 21 heavy (non-hydrogen) atoms. The molecule has 4 rings (SSSR count). The molecular formula is C18H16NO2+. The zero-order valence-electron chi connectivity index (χ0n) is 12.1. The number of aryl methyl sites for hydroxylation is 2. The van der Waals surface area contributed by atoms with Crippen molar-refractivity contribution in [1.82, 2.24) is 0 Å². The van der Waals surface area contributed by atoms with Gasteiger partial charge in [-0.1, -0.05) is 12.1 Å². The van der Waals surface area contributed by atoms with Crippen LogP contribution in [0.5, 0.6) is 11.5 Å². The van der Waals surface area contributed by atoms with E-state index in [-0.39, 0.29) is 0 Å². The van der Waals surface area contributed by atoms with E-state index in [1.807, 2.05) is 6.07 Å². The van der Waals surface area contributed by atoms with Crippen LogP contribution < -0.4 is 14.0 Å². The van der Waals surface area contributed by atoms with Gasteiger partial charge in [0.15, 0.2) is 11.5 Å². The highest BCUT2D eigenvalue weighted by Crippen LogP contribution is 2.37. The van der Waals surface area contributed by atoms with Crippen molar-refractivity contribution in [3.63, 3.8) is 0 Å². The van der Waals surface area contributed by atoms with Crippen LogP contribution >= 0.6 is 0 Å². The predicted octanol–water partition coefficient (Wildman–Crippen LogP) is 3.37. The fraction of sp³-hybridized carbons (Fsp3) is 0.167. The molecule has 1 aliphatic heterocycles. The molecule has 2 aromatic carbocycles. The number of pyridine rings is 1. The lowest BCUT2D eigenvalue weighted by Gasteiger charge is -2.07. The highest BCUT2D eigenvalue weighted by molar-refractivity contribution is 5.78. The highest BCUT2D eigenvalue weighted by atomic mass is 16.7. The van der Waals surface area contributed by atoms with Crippen LogP contribution in [0.2, 0.25) is 0 Å². The van der Waals surface area contributed by atoms with Crippen LogP contribution in [0, 0.1) is 6.92 Å². The number of ether oxygens (including phenoxy) is 2. The van der Waals surface area contributed by atoms with E-state index in [4.69, 9.17) is 9.47 Å². The fourth-order valence-corrected chi connectivity index (χ4v) is 2.93. The van der Waals surface area contributed by atoms with E-state index < -0.39 is 0 Å². The maximum atomic E-state index is 5.51. The van der Waals surface area contributed by atoms with Crippen LogP contribution in [-0.4, -0.2) is 6.79 Å². The van der Waals surface area contributed by atoms with Crippen molar-refractivity contribution in [3.8, 4) is 22.8 Å². The lowest BCUT2D eigenvalue weighted by atomic mass is 10.0. The Hall–Kier alpha value is -2.55. The Morgan fingerprint density at radius 2 is 1.71 bits per heavy atom. The number of hydrogen-bond acceptors (Lipinski definition) is 2. The standard InChI is InChI=1S/C18H16NO2/c1-12-9-17-18(21-11-20-17)10-14(12)16-8-7-13-5-3-4-6-15(13)19(16)2/h3-10H,11H2,1-2H3/q+1. The van der Waals surface area contributed by atoms with Gasteiger partial charge in [0.2, 0.25) is 18.0 Å². The van der Waals surface area contributed by atoms with E-state index in [1.54, 1.807) is 0 Å². The van der Waals surface area contributed by atoms with Gasteiger partial charge in [0, 0.05) is 17.5 Å². The zero-order chi connectivity index (χ0) is 14.4. The van der Waals surface area contributed by atoms with Crippen molar-refractivity contribution >= 4 is 10.9 Å². The molecule has 0 saturated carbocycles. The molecule has 0 fully saturated rings. The summed E-state index contributed by atoms with van der Waals surface area (Å²) in [5, 5.41) is 1.24. The Morgan fingerprint density at radius 3 is 2.57 bits per heavy atom. The van der Waals surface area contributed by atoms with Crippen molar-refractivity contribution < 1.29 is 14.0 Å². The zero-order valence-corrected chi connectivity index (χ0v) is 12.1. The fourth-order valence-electron chi connectivity index (χ4n) is 2.93. The van der Waals surface area contributed by atoms with Crippen molar-refractivity contribution in [3.05, 3.63) is 54.1 Å². The van der Waals surface area contributed by atoms with Gasteiger partial charge in [-0.2, -0.15) is 4.57 Å². The number of rotatable bonds is 1. The van der Waals surface area contributed by atoms with Gasteiger partial charge in [0.1, 0.15) is 7.05 Å². The van der Waals surface area contributed by atoms with Crippen LogP contribution in [0.1, 0.15) is 5.56 Å². The monoisotopic (exact) mass is 278 g/mol. The first kappa shape index (κ1) is 12.2. The van der Waals surface area contributed by atoms with Crippen LogP contribution in [0.3, 0.4) is 0 Å². The second kappa shape index (κ2) is 4.48. The van der Waals surface area contributed by atoms with Gasteiger partial charge >= 0.3 is 0 Å². The third-order valence-electron chi connectivity index (χ3n) is 4.08. The van der Waals surface area contributed by atoms with Gasteiger partial charge in [-0.25, -0.2) is 0 Å². The molecule has 0 saturated heterocycles. The van der Waals surface area contributed by atoms with Crippen molar-refractivity contribution in [1.29, 1.82) is 0 Å². The highest BCUT2D eigenvalue weighted by Gasteiger charge is 2.21. The third-order valence-corrected chi connectivity index (χ3v) is 4.08. The summed E-state index contributed by atoms with van der Waals surface area (Å²) in [5.74, 6) is 1.66. The maximum absolute atomic E-state index is 5.51. The van der Waals surface area contributed by atoms with Gasteiger partial charge < -0.3 is 9.47 Å². The molecule has 0 amide bonds. The molecular weight excluding hydrogens is 262 g/mol. The normalized spacial score (nSPS) is 12.9. The molecule has 3 nitrogen and oxygen atoms in total. The minimum absolute atomic E-state index is 0.308. The summed E-state index contributed by atoms with van der Waals surface area (Å²) in [7, 11) is 2.10. The maximum Gasteiger partial charge on any atom is 0.231 e. The molecule has 3 heteroatoms. The molecule has 0 aliphatic carbocycles. The van der Waals surface area contributed by atoms with E-state index in [9.17, 15) is 0 Å². The van der Waals surface area contributed by atoms with Gasteiger partial charge in [0.05, 0.1) is 5.56 Å². The molecule has 0 spiro atoms. The quantitative estimate of drug-likeness (QED) is 0.637. The van der Waals surface area contributed by atoms with Crippen molar-refractivity contribution in [2.24, 2.45) is 7.05 Å². The Labute approximate surface area is 123 Å². The number of benzene rings is 2. The van der Waals surface area contributed by atoms with Gasteiger partial charge in [-0.3, -0.25) is 0 Å². The second-order valence-electron chi connectivity index (χ2n) is 5.36. The lowest BCUT2D eigenvalue weighted by Crippen LogP contribution is -2.32. The minimum Gasteiger partial charge on any atom is -0.454 e. The van der Waals surface area contributed by atoms with E-state index in [0.29, 0.717) is 6.79 Å². The summed E-state index contributed by atoms with van der Waals surface area (Å²) in [6.07, 6.45) is 0. The summed E-state index contributed by atoms with van der Waals surface area (Å²) < 4.78 is 13.2. The molecule has 1 aliphatic rings. The number of para-hydroxylation sites is 1. The SMILES string of the molecule is Cc1cc2c(cc1-c1ccc3ccccc3[n+]1C)OCO2. The number of fused-ring (bicyclic) bond motifs is 2. The summed E-state index contributed by atoms with van der Waals surface area (Å²) in [4.78, 5) is 0. The Kier molecular flexibility index (Phi) is 2.61. The topological polar surface area (TPSA) is 22.3 Å². The molecule has 0 unspecified atom stereocenters. The van der Waals surface area contributed by atoms with E-state index in [0.717, 1.165) is 11.5 Å². The third kappa shape index (κ3) is 1.85. The van der Waals surface area contributed by atoms with E-state index in [2.05, 4.69) is 61.0 Å². The lowest BCUT2D eigenvalue weighted by molar-refractivity contribution is -0.633. The van der Waals surface area contributed by atoms with Crippen molar-refractivity contribution in [2.45, 2.75) is 6.92 Å². The van der Waals surface area contributed by atoms with Gasteiger partial charge in [-0.05, 0) is 36.8 Å². The Morgan fingerprint density at radius 1 is 0.952 bits per heavy atom. The second-order valence-corrected chi connectivity index (χ2v) is 5.36. The van der Waals surface area contributed by atoms with Gasteiger partial charge in [-0.15, -0.1) is 0 Å². The molecule has 0 atom stereocenters. The molecule has 0 radical (unpaired) electrons. The first-order valence-electron chi connectivity index (χ1n) is 7.02. The average molecular weight is 278 g/mol. The van der Waals surface area contributed by atoms with E-state index in [1.165, 1.54) is 27.7 Å². The summed E-state index contributed by atoms with van der Waals surface area (Å²) >= 11 is 0. The molecule has 0 N–H and O–H groups in total. The minimum atomic E-state index is 0.308. The Balaban J connectivity index is 1.97. The Bertz CT molecular complexity index is 855. The molecule has 1 aromatic heterocycles. The first-order chi connectivity index (χ1) is 10.2. The van der Waals surface area contributed by atoms with Gasteiger partial charge in [0.25, 0.3) is 0 Å². The predicted molar refractivity (Wildman–Crippen MR) is 81.4 cm³/mol. The van der Waals surface area contributed by atoms with Crippen molar-refractivity contribution in [2.75, 3.05) is 6.79 Å². The number of hydrogen-bond donors (Lipinski definition) is 0. The average Bonchev–Trinajstić information content (AvgIpc) is 2.94. The van der Waals surface area contributed by atoms with Crippen LogP contribution in [-0.2, 0) is 7.05 Å². The smallest absolute Gasteiger partial charge is 0.231 e. The number of nitrogens with zero attached hydrogens (tertiary/aromatic N) is 1. The summed E-state index contributed by atoms with van der Waals surface area (Å²) in [5.41, 5.74) is 4.74. The first-order valence-corrected chi connectivity index (χ1v) is 7.02. The number of aromatic nitrogens is 1. The largest absolute Gasteiger partial charge is 0.454 e. The molecule has 3 aromatic rings. The molecule has 2 heterocycles. The van der Waals surface area contributed by atoms with Crippen LogP contribution in [0.25, 0.3) is 22.2 Å². The summed E-state index contributed by atoms with van der Waals surface area (Å²) in [6, 6.07) is 16.8. The van der Waals surface area contributed by atoms with Crippen LogP contribution in [0.15, 0.2) is 48.5 Å². The van der Waals surface area contributed by atoms with E-state index >= 15 is 0 Å². The van der Waals surface area contributed by atoms with Crippen LogP contribution in [0.4, 0.5) is 0 Å². The summed E-state index contributed by atoms with van der Waals surface area (Å²) in [6.45, 7) is 2.41. The molecule has 0 bridgehead atoms. The molecule has 104 valence electrons.